The highest BCUT2D eigenvalue weighted by Gasteiger charge is 2.18. The molecule has 5 heteroatoms. The lowest BCUT2D eigenvalue weighted by molar-refractivity contribution is -0.114. The number of thiophene rings is 1. The second-order valence-electron chi connectivity index (χ2n) is 5.72. The van der Waals surface area contributed by atoms with Gasteiger partial charge in [-0.15, -0.1) is 11.3 Å². The van der Waals surface area contributed by atoms with Crippen molar-refractivity contribution in [2.75, 3.05) is 4.90 Å². The highest BCUT2D eigenvalue weighted by Crippen LogP contribution is 2.30. The molecule has 0 aliphatic carbocycles. The van der Waals surface area contributed by atoms with Crippen LogP contribution >= 0.6 is 22.7 Å². The van der Waals surface area contributed by atoms with Crippen molar-refractivity contribution in [3.05, 3.63) is 88.6 Å². The second-order valence-corrected chi connectivity index (χ2v) is 7.71. The third-order valence-electron chi connectivity index (χ3n) is 3.90. The number of hydrogen-bond acceptors (Lipinski definition) is 4. The van der Waals surface area contributed by atoms with Crippen molar-refractivity contribution in [3.63, 3.8) is 0 Å². The third-order valence-corrected chi connectivity index (χ3v) is 5.79. The summed E-state index contributed by atoms with van der Waals surface area (Å²) < 4.78 is 1.08. The van der Waals surface area contributed by atoms with Crippen LogP contribution in [0.2, 0.25) is 0 Å². The predicted octanol–water partition coefficient (Wildman–Crippen LogP) is 5.60. The van der Waals surface area contributed by atoms with Crippen molar-refractivity contribution in [3.8, 4) is 0 Å². The smallest absolute Gasteiger partial charge is 0.253 e. The van der Waals surface area contributed by atoms with Gasteiger partial charge in [0.2, 0.25) is 0 Å². The van der Waals surface area contributed by atoms with Gasteiger partial charge in [0.05, 0.1) is 16.8 Å². The topological polar surface area (TPSA) is 33.2 Å². The molecule has 0 N–H and O–H groups in total. The fraction of sp³-hybridized carbons (Fsp3) is 0.0476. The number of thiazole rings is 1. The Morgan fingerprint density at radius 3 is 2.58 bits per heavy atom. The molecule has 0 radical (unpaired) electrons. The van der Waals surface area contributed by atoms with E-state index in [-0.39, 0.29) is 5.91 Å². The van der Waals surface area contributed by atoms with E-state index in [1.165, 1.54) is 11.3 Å². The molecule has 3 nitrogen and oxygen atoms in total. The zero-order valence-electron chi connectivity index (χ0n) is 13.9. The molecule has 0 saturated heterocycles. The van der Waals surface area contributed by atoms with Crippen molar-refractivity contribution in [1.29, 1.82) is 0 Å². The molecule has 26 heavy (non-hydrogen) atoms. The van der Waals surface area contributed by atoms with E-state index in [4.69, 9.17) is 0 Å². The maximum absolute atomic E-state index is 12.9. The number of amides is 1. The lowest BCUT2D eigenvalue weighted by Crippen LogP contribution is -2.28. The molecular formula is C21H16N2OS2. The van der Waals surface area contributed by atoms with Crippen molar-refractivity contribution in [2.45, 2.75) is 6.54 Å². The maximum atomic E-state index is 12.9. The predicted molar refractivity (Wildman–Crippen MR) is 111 cm³/mol. The third kappa shape index (κ3) is 3.74. The number of anilines is 1. The summed E-state index contributed by atoms with van der Waals surface area (Å²) in [5.41, 5.74) is 1.99. The van der Waals surface area contributed by atoms with E-state index in [2.05, 4.69) is 4.98 Å². The maximum Gasteiger partial charge on any atom is 0.253 e. The van der Waals surface area contributed by atoms with Gasteiger partial charge in [-0.05, 0) is 35.2 Å². The van der Waals surface area contributed by atoms with E-state index in [1.54, 1.807) is 22.3 Å². The van der Waals surface area contributed by atoms with Crippen molar-refractivity contribution < 1.29 is 4.79 Å². The van der Waals surface area contributed by atoms with Crippen LogP contribution in [0.25, 0.3) is 16.3 Å². The molecule has 2 aromatic heterocycles. The monoisotopic (exact) mass is 376 g/mol. The second kappa shape index (κ2) is 7.64. The number of carbonyl (C=O) groups excluding carboxylic acids is 1. The summed E-state index contributed by atoms with van der Waals surface area (Å²) >= 11 is 3.15. The van der Waals surface area contributed by atoms with E-state index in [0.717, 1.165) is 25.8 Å². The number of aromatic nitrogens is 1. The zero-order valence-corrected chi connectivity index (χ0v) is 15.5. The minimum absolute atomic E-state index is 0.0682. The first-order valence-electron chi connectivity index (χ1n) is 8.22. The lowest BCUT2D eigenvalue weighted by atomic mass is 10.2. The van der Waals surface area contributed by atoms with Crippen LogP contribution in [0.3, 0.4) is 0 Å². The summed E-state index contributed by atoms with van der Waals surface area (Å²) in [5, 5.41) is 2.72. The molecule has 1 amide bonds. The van der Waals surface area contributed by atoms with Crippen LogP contribution in [-0.4, -0.2) is 10.9 Å². The number of hydrogen-bond donors (Lipinski definition) is 0. The van der Waals surface area contributed by atoms with Gasteiger partial charge in [-0.1, -0.05) is 59.9 Å². The largest absolute Gasteiger partial charge is 0.280 e. The highest BCUT2D eigenvalue weighted by atomic mass is 32.1. The number of nitrogens with zero attached hydrogens (tertiary/aromatic N) is 2. The summed E-state index contributed by atoms with van der Waals surface area (Å²) in [7, 11) is 0. The van der Waals surface area contributed by atoms with Crippen LogP contribution in [0, 0.1) is 0 Å². The van der Waals surface area contributed by atoms with Crippen LogP contribution < -0.4 is 4.90 Å². The molecule has 0 atom stereocenters. The summed E-state index contributed by atoms with van der Waals surface area (Å²) in [6.45, 7) is 0.494. The van der Waals surface area contributed by atoms with E-state index in [9.17, 15) is 4.79 Å². The Labute approximate surface area is 159 Å². The van der Waals surface area contributed by atoms with Gasteiger partial charge in [-0.2, -0.15) is 0 Å². The molecule has 0 saturated carbocycles. The van der Waals surface area contributed by atoms with Crippen LogP contribution in [0.4, 0.5) is 5.13 Å². The first kappa shape index (κ1) is 16.7. The average molecular weight is 377 g/mol. The Kier molecular flexibility index (Phi) is 4.91. The summed E-state index contributed by atoms with van der Waals surface area (Å²) in [4.78, 5) is 20.4. The molecule has 2 aromatic carbocycles. The Morgan fingerprint density at radius 2 is 1.81 bits per heavy atom. The minimum atomic E-state index is -0.0682. The van der Waals surface area contributed by atoms with Gasteiger partial charge in [-0.3, -0.25) is 9.69 Å². The number of carbonyl (C=O) groups is 1. The van der Waals surface area contributed by atoms with E-state index in [0.29, 0.717) is 6.54 Å². The van der Waals surface area contributed by atoms with E-state index in [1.807, 2.05) is 78.2 Å². The number of fused-ring (bicyclic) bond motifs is 1. The number of rotatable bonds is 5. The Morgan fingerprint density at radius 1 is 1.00 bits per heavy atom. The van der Waals surface area contributed by atoms with Crippen molar-refractivity contribution in [2.24, 2.45) is 0 Å². The molecule has 2 heterocycles. The molecule has 0 fully saturated rings. The Bertz CT molecular complexity index is 1000. The number of benzene rings is 2. The SMILES string of the molecule is O=C(/C=C/c1cccs1)N(Cc1ccccc1)c1nc2ccccc2s1. The minimum Gasteiger partial charge on any atom is -0.280 e. The van der Waals surface area contributed by atoms with Crippen molar-refractivity contribution >= 4 is 50.0 Å². The van der Waals surface area contributed by atoms with Gasteiger partial charge in [0.25, 0.3) is 5.91 Å². The molecule has 128 valence electrons. The van der Waals surface area contributed by atoms with Crippen LogP contribution in [0.1, 0.15) is 10.4 Å². The highest BCUT2D eigenvalue weighted by molar-refractivity contribution is 7.22. The van der Waals surface area contributed by atoms with Gasteiger partial charge in [-0.25, -0.2) is 4.98 Å². The molecule has 4 rings (SSSR count). The lowest BCUT2D eigenvalue weighted by Gasteiger charge is -2.18. The van der Waals surface area contributed by atoms with Gasteiger partial charge in [0.1, 0.15) is 0 Å². The molecule has 0 spiro atoms. The number of para-hydroxylation sites is 1. The molecule has 4 aromatic rings. The first-order valence-corrected chi connectivity index (χ1v) is 9.92. The summed E-state index contributed by atoms with van der Waals surface area (Å²) in [5.74, 6) is -0.0682. The molecule has 0 unspecified atom stereocenters. The Hall–Kier alpha value is -2.76. The standard InChI is InChI=1S/C21H16N2OS2/c24-20(13-12-17-9-6-14-25-17)23(15-16-7-2-1-3-8-16)21-22-18-10-4-5-11-19(18)26-21/h1-14H,15H2/b13-12+. The fourth-order valence-corrected chi connectivity index (χ4v) is 4.20. The molecule has 0 aliphatic heterocycles. The summed E-state index contributed by atoms with van der Waals surface area (Å²) in [6, 6.07) is 21.9. The first-order chi connectivity index (χ1) is 12.8. The Balaban J connectivity index is 1.67. The van der Waals surface area contributed by atoms with E-state index < -0.39 is 0 Å². The van der Waals surface area contributed by atoms with Gasteiger partial charge in [0, 0.05) is 11.0 Å². The molecule has 0 bridgehead atoms. The van der Waals surface area contributed by atoms with Crippen LogP contribution in [0.5, 0.6) is 0 Å². The van der Waals surface area contributed by atoms with Crippen LogP contribution in [-0.2, 0) is 11.3 Å². The molecular weight excluding hydrogens is 360 g/mol. The summed E-state index contributed by atoms with van der Waals surface area (Å²) in [6.07, 6.45) is 3.49. The molecule has 0 aliphatic rings. The van der Waals surface area contributed by atoms with Gasteiger partial charge < -0.3 is 0 Å². The van der Waals surface area contributed by atoms with Crippen molar-refractivity contribution in [1.82, 2.24) is 4.98 Å². The van der Waals surface area contributed by atoms with Crippen LogP contribution in [0.15, 0.2) is 78.2 Å². The quantitative estimate of drug-likeness (QED) is 0.425. The fourth-order valence-electron chi connectivity index (χ4n) is 2.61. The average Bonchev–Trinajstić information content (AvgIpc) is 3.34. The zero-order chi connectivity index (χ0) is 17.8. The van der Waals surface area contributed by atoms with Gasteiger partial charge >= 0.3 is 0 Å². The van der Waals surface area contributed by atoms with E-state index >= 15 is 0 Å². The normalized spacial score (nSPS) is 11.2. The van der Waals surface area contributed by atoms with Gasteiger partial charge in [0.15, 0.2) is 5.13 Å².